The molecule has 2 fully saturated rings. The largest absolute Gasteiger partial charge is 0.513 e. The molecule has 0 radical (unpaired) electrons. The van der Waals surface area contributed by atoms with Gasteiger partial charge in [-0.25, -0.2) is 4.39 Å². The van der Waals surface area contributed by atoms with Crippen LogP contribution in [0.3, 0.4) is 0 Å². The highest BCUT2D eigenvalue weighted by Gasteiger charge is 2.40. The van der Waals surface area contributed by atoms with Gasteiger partial charge in [0.25, 0.3) is 0 Å². The van der Waals surface area contributed by atoms with E-state index in [1.165, 1.54) is 12.8 Å². The van der Waals surface area contributed by atoms with Gasteiger partial charge in [-0.1, -0.05) is 11.9 Å². The quantitative estimate of drug-likeness (QED) is 0.606. The Morgan fingerprint density at radius 1 is 1.15 bits per heavy atom. The van der Waals surface area contributed by atoms with Gasteiger partial charge in [-0.3, -0.25) is 0 Å². The van der Waals surface area contributed by atoms with Crippen molar-refractivity contribution in [2.45, 2.75) is 25.7 Å². The molecule has 0 aromatic heterocycles. The van der Waals surface area contributed by atoms with Gasteiger partial charge in [0.1, 0.15) is 5.82 Å². The Balaban J connectivity index is 1.71. The van der Waals surface area contributed by atoms with Crippen LogP contribution in [0.15, 0.2) is 18.2 Å². The van der Waals surface area contributed by atoms with Crippen molar-refractivity contribution in [3.63, 3.8) is 0 Å². The molecule has 0 N–H and O–H groups in total. The maximum atomic E-state index is 13.0. The Morgan fingerprint density at radius 2 is 1.95 bits per heavy atom. The summed E-state index contributed by atoms with van der Waals surface area (Å²) in [7, 11) is 0. The van der Waals surface area contributed by atoms with Crippen molar-refractivity contribution in [2.24, 2.45) is 17.8 Å². The van der Waals surface area contributed by atoms with Crippen LogP contribution in [0.5, 0.6) is 5.75 Å². The third-order valence-corrected chi connectivity index (χ3v) is 4.66. The molecule has 0 amide bonds. The lowest BCUT2D eigenvalue weighted by atomic mass is 9.79. The van der Waals surface area contributed by atoms with Crippen LogP contribution in [0, 0.1) is 23.6 Å². The average molecular weight is 287 g/mol. The molecule has 2 saturated carbocycles. The molecule has 1 aromatic rings. The topological polar surface area (TPSA) is 9.23 Å². The van der Waals surface area contributed by atoms with Gasteiger partial charge in [0.2, 0.25) is 0 Å². The minimum absolute atomic E-state index is 0.235. The Labute approximate surface area is 115 Å². The van der Waals surface area contributed by atoms with E-state index in [1.54, 1.807) is 0 Å². The number of fused-ring (bicyclic) bond motifs is 2. The first-order chi connectivity index (χ1) is 9.43. The maximum Gasteiger partial charge on any atom is 0.513 e. The molecule has 2 aliphatic carbocycles. The number of rotatable bonds is 4. The first-order valence-corrected chi connectivity index (χ1v) is 7.05. The van der Waals surface area contributed by atoms with E-state index in [9.17, 15) is 17.3 Å². The average Bonchev–Trinajstić information content (AvgIpc) is 2.98. The van der Waals surface area contributed by atoms with E-state index in [4.69, 9.17) is 4.74 Å². The third-order valence-electron chi connectivity index (χ3n) is 4.66. The molecule has 110 valence electrons. The Kier molecular flexibility index (Phi) is 3.42. The normalized spacial score (nSPS) is 28.9. The molecule has 2 aliphatic rings. The zero-order chi connectivity index (χ0) is 14.3. The molecule has 0 heterocycles. The molecule has 3 unspecified atom stereocenters. The van der Waals surface area contributed by atoms with Crippen LogP contribution in [0.4, 0.5) is 17.3 Å². The highest BCUT2D eigenvalue weighted by atomic mass is 19.4. The van der Waals surface area contributed by atoms with Gasteiger partial charge < -0.3 is 17.7 Å². The van der Waals surface area contributed by atoms with Crippen molar-refractivity contribution in [3.05, 3.63) is 24.0 Å². The van der Waals surface area contributed by atoms with Crippen LogP contribution in [0.1, 0.15) is 25.7 Å². The van der Waals surface area contributed by atoms with E-state index in [0.717, 1.165) is 30.9 Å². The van der Waals surface area contributed by atoms with Crippen molar-refractivity contribution in [1.82, 2.24) is 0 Å². The first-order valence-electron chi connectivity index (χ1n) is 7.05. The Morgan fingerprint density at radius 3 is 2.55 bits per heavy atom. The van der Waals surface area contributed by atoms with E-state index in [0.29, 0.717) is 24.5 Å². The van der Waals surface area contributed by atoms with Crippen LogP contribution in [-0.4, -0.2) is 13.6 Å². The van der Waals surface area contributed by atoms with Crippen molar-refractivity contribution >= 4 is 12.4 Å². The standard InChI is InChI=1S/C14H16BF4O/c16-12-3-4-14(13(7-12)15(17,18)19)20-8-11-6-9-1-2-10(11)5-9/h3-4,7,9-11H,1-2,5-6,8H2/q-1. The fourth-order valence-corrected chi connectivity index (χ4v) is 3.68. The van der Waals surface area contributed by atoms with Crippen molar-refractivity contribution in [3.8, 4) is 5.75 Å². The molecule has 0 saturated heterocycles. The van der Waals surface area contributed by atoms with E-state index < -0.39 is 18.3 Å². The predicted molar refractivity (Wildman–Crippen MR) is 69.5 cm³/mol. The number of halogens is 4. The lowest BCUT2D eigenvalue weighted by Crippen LogP contribution is -2.36. The molecule has 2 bridgehead atoms. The summed E-state index contributed by atoms with van der Waals surface area (Å²) < 4.78 is 57.1. The van der Waals surface area contributed by atoms with Gasteiger partial charge in [0.15, 0.2) is 0 Å². The summed E-state index contributed by atoms with van der Waals surface area (Å²) in [6.45, 7) is -4.94. The first kappa shape index (κ1) is 13.8. The highest BCUT2D eigenvalue weighted by molar-refractivity contribution is 6.74. The van der Waals surface area contributed by atoms with Crippen LogP contribution < -0.4 is 10.2 Å². The van der Waals surface area contributed by atoms with Crippen LogP contribution in [0.2, 0.25) is 0 Å². The summed E-state index contributed by atoms with van der Waals surface area (Å²) in [5.74, 6) is 0.564. The minimum atomic E-state index is -5.26. The third kappa shape index (κ3) is 2.65. The van der Waals surface area contributed by atoms with Crippen LogP contribution >= 0.6 is 0 Å². The molecule has 20 heavy (non-hydrogen) atoms. The summed E-state index contributed by atoms with van der Waals surface area (Å²) in [5.41, 5.74) is -0.965. The molecule has 0 spiro atoms. The summed E-state index contributed by atoms with van der Waals surface area (Å²) in [5, 5.41) is 0. The number of ether oxygens (including phenoxy) is 1. The SMILES string of the molecule is Fc1ccc(OCC2CC3CCC2C3)c([B-](F)(F)F)c1. The van der Waals surface area contributed by atoms with Gasteiger partial charge in [0.05, 0.1) is 12.4 Å². The van der Waals surface area contributed by atoms with E-state index in [1.807, 2.05) is 0 Å². The second-order valence-electron chi connectivity index (χ2n) is 6.00. The number of hydrogen-bond acceptors (Lipinski definition) is 1. The van der Waals surface area contributed by atoms with Crippen LogP contribution in [-0.2, 0) is 0 Å². The van der Waals surface area contributed by atoms with E-state index in [-0.39, 0.29) is 5.75 Å². The molecule has 1 nitrogen and oxygen atoms in total. The number of benzene rings is 1. The molecular formula is C14H16BF4O-. The second kappa shape index (κ2) is 4.97. The molecule has 0 aliphatic heterocycles. The lowest BCUT2D eigenvalue weighted by Gasteiger charge is -2.24. The number of hydrogen-bond donors (Lipinski definition) is 0. The van der Waals surface area contributed by atoms with Crippen molar-refractivity contribution in [1.29, 1.82) is 0 Å². The molecule has 3 atom stereocenters. The molecule has 1 aromatic carbocycles. The van der Waals surface area contributed by atoms with E-state index >= 15 is 0 Å². The van der Waals surface area contributed by atoms with Gasteiger partial charge in [0, 0.05) is 0 Å². The molecule has 6 heteroatoms. The van der Waals surface area contributed by atoms with Gasteiger partial charge in [-0.15, -0.1) is 0 Å². The zero-order valence-electron chi connectivity index (χ0n) is 11.0. The Hall–Kier alpha value is -1.20. The molecule has 3 rings (SSSR count). The smallest absolute Gasteiger partial charge is 0.496 e. The van der Waals surface area contributed by atoms with Crippen molar-refractivity contribution < 1.29 is 22.1 Å². The summed E-state index contributed by atoms with van der Waals surface area (Å²) in [6, 6.07) is 2.63. The summed E-state index contributed by atoms with van der Waals surface area (Å²) in [6.07, 6.45) is 4.65. The maximum absolute atomic E-state index is 13.0. The summed E-state index contributed by atoms with van der Waals surface area (Å²) in [4.78, 5) is 0. The second-order valence-corrected chi connectivity index (χ2v) is 6.00. The van der Waals surface area contributed by atoms with Crippen molar-refractivity contribution in [2.75, 3.05) is 6.61 Å². The van der Waals surface area contributed by atoms with Gasteiger partial charge in [-0.05, 0) is 55.2 Å². The summed E-state index contributed by atoms with van der Waals surface area (Å²) >= 11 is 0. The Bertz CT molecular complexity index is 502. The lowest BCUT2D eigenvalue weighted by molar-refractivity contribution is 0.196. The highest BCUT2D eigenvalue weighted by Crippen LogP contribution is 2.48. The molecular weight excluding hydrogens is 271 g/mol. The van der Waals surface area contributed by atoms with E-state index in [2.05, 4.69) is 0 Å². The van der Waals surface area contributed by atoms with Gasteiger partial charge in [-0.2, -0.15) is 0 Å². The fraction of sp³-hybridized carbons (Fsp3) is 0.571. The monoisotopic (exact) mass is 287 g/mol. The van der Waals surface area contributed by atoms with Crippen LogP contribution in [0.25, 0.3) is 0 Å². The fourth-order valence-electron chi connectivity index (χ4n) is 3.68. The predicted octanol–water partition coefficient (Wildman–Crippen LogP) is 3.70. The minimum Gasteiger partial charge on any atom is -0.496 e. The zero-order valence-corrected chi connectivity index (χ0v) is 11.0. The van der Waals surface area contributed by atoms with Gasteiger partial charge >= 0.3 is 6.98 Å².